The minimum absolute atomic E-state index is 0.0804. The summed E-state index contributed by atoms with van der Waals surface area (Å²) in [7, 11) is 1.78. The number of aliphatic hydroxyl groups excluding tert-OH is 1. The van der Waals surface area contributed by atoms with Crippen molar-refractivity contribution in [2.45, 2.75) is 44.4 Å². The van der Waals surface area contributed by atoms with Gasteiger partial charge in [0.2, 0.25) is 0 Å². The Morgan fingerprint density at radius 2 is 2.00 bits per heavy atom. The Balaban J connectivity index is 2.05. The largest absolute Gasteiger partial charge is 0.387 e. The van der Waals surface area contributed by atoms with Crippen molar-refractivity contribution in [1.82, 2.24) is 4.90 Å². The second kappa shape index (κ2) is 6.04. The van der Waals surface area contributed by atoms with Gasteiger partial charge in [-0.3, -0.25) is 4.90 Å². The molecule has 2 rings (SSSR count). The first-order chi connectivity index (χ1) is 9.06. The fraction of sp³-hybridized carbons (Fsp3) is 0.625. The van der Waals surface area contributed by atoms with Gasteiger partial charge in [-0.1, -0.05) is 30.3 Å². The summed E-state index contributed by atoms with van der Waals surface area (Å²) in [5, 5.41) is 10.5. The number of hydrogen-bond donors (Lipinski definition) is 1. The second-order valence-corrected chi connectivity index (χ2v) is 5.82. The van der Waals surface area contributed by atoms with E-state index in [9.17, 15) is 5.11 Å². The SMILES string of the molecule is COC1(C)CCCN(C(C)C(O)c2ccccc2)C1. The van der Waals surface area contributed by atoms with E-state index in [-0.39, 0.29) is 11.6 Å². The van der Waals surface area contributed by atoms with Crippen molar-refractivity contribution in [1.29, 1.82) is 0 Å². The number of methoxy groups -OCH3 is 1. The molecule has 1 fully saturated rings. The van der Waals surface area contributed by atoms with Crippen LogP contribution in [0.3, 0.4) is 0 Å². The molecule has 106 valence electrons. The van der Waals surface area contributed by atoms with Gasteiger partial charge < -0.3 is 9.84 Å². The Hall–Kier alpha value is -0.900. The molecule has 1 aromatic carbocycles. The third-order valence-corrected chi connectivity index (χ3v) is 4.36. The van der Waals surface area contributed by atoms with Crippen molar-refractivity contribution >= 4 is 0 Å². The summed E-state index contributed by atoms with van der Waals surface area (Å²) >= 11 is 0. The zero-order valence-corrected chi connectivity index (χ0v) is 12.2. The molecule has 0 aromatic heterocycles. The number of hydrogen-bond acceptors (Lipinski definition) is 3. The maximum Gasteiger partial charge on any atom is 0.0942 e. The maximum atomic E-state index is 10.5. The quantitative estimate of drug-likeness (QED) is 0.906. The lowest BCUT2D eigenvalue weighted by Gasteiger charge is -2.43. The molecule has 1 aromatic rings. The van der Waals surface area contributed by atoms with E-state index in [1.54, 1.807) is 7.11 Å². The van der Waals surface area contributed by atoms with Gasteiger partial charge in [0.1, 0.15) is 0 Å². The first-order valence-electron chi connectivity index (χ1n) is 7.08. The van der Waals surface area contributed by atoms with E-state index in [1.165, 1.54) is 0 Å². The van der Waals surface area contributed by atoms with Gasteiger partial charge in [0, 0.05) is 19.7 Å². The Kier molecular flexibility index (Phi) is 4.61. The molecule has 1 N–H and O–H groups in total. The molecule has 3 heteroatoms. The van der Waals surface area contributed by atoms with Crippen LogP contribution in [0, 0.1) is 0 Å². The normalized spacial score (nSPS) is 28.0. The zero-order chi connectivity index (χ0) is 13.9. The lowest BCUT2D eigenvalue weighted by molar-refractivity contribution is -0.0739. The smallest absolute Gasteiger partial charge is 0.0942 e. The van der Waals surface area contributed by atoms with Crippen LogP contribution in [0.2, 0.25) is 0 Å². The van der Waals surface area contributed by atoms with Gasteiger partial charge in [-0.25, -0.2) is 0 Å². The number of nitrogens with zero attached hydrogens (tertiary/aromatic N) is 1. The molecule has 0 amide bonds. The molecule has 1 aliphatic rings. The number of likely N-dealkylation sites (tertiary alicyclic amines) is 1. The van der Waals surface area contributed by atoms with Gasteiger partial charge in [-0.2, -0.15) is 0 Å². The predicted molar refractivity (Wildman–Crippen MR) is 77.1 cm³/mol. The fourth-order valence-corrected chi connectivity index (χ4v) is 2.89. The number of ether oxygens (including phenoxy) is 1. The predicted octanol–water partition coefficient (Wildman–Crippen LogP) is 2.61. The fourth-order valence-electron chi connectivity index (χ4n) is 2.89. The average Bonchev–Trinajstić information content (AvgIpc) is 2.46. The molecular weight excluding hydrogens is 238 g/mol. The number of piperidine rings is 1. The van der Waals surface area contributed by atoms with Crippen LogP contribution in [0.4, 0.5) is 0 Å². The third kappa shape index (κ3) is 3.35. The molecule has 19 heavy (non-hydrogen) atoms. The van der Waals surface area contributed by atoms with E-state index in [4.69, 9.17) is 4.74 Å². The van der Waals surface area contributed by atoms with Crippen molar-refractivity contribution in [3.63, 3.8) is 0 Å². The topological polar surface area (TPSA) is 32.7 Å². The first kappa shape index (κ1) is 14.5. The van der Waals surface area contributed by atoms with Crippen LogP contribution in [0.5, 0.6) is 0 Å². The van der Waals surface area contributed by atoms with Crippen LogP contribution in [0.1, 0.15) is 38.4 Å². The van der Waals surface area contributed by atoms with E-state index in [0.29, 0.717) is 0 Å². The van der Waals surface area contributed by atoms with Crippen molar-refractivity contribution in [2.75, 3.05) is 20.2 Å². The molecule has 0 radical (unpaired) electrons. The molecule has 3 atom stereocenters. The van der Waals surface area contributed by atoms with Crippen LogP contribution in [-0.2, 0) is 4.74 Å². The van der Waals surface area contributed by atoms with Crippen molar-refractivity contribution in [3.05, 3.63) is 35.9 Å². The van der Waals surface area contributed by atoms with Gasteiger partial charge in [0.25, 0.3) is 0 Å². The maximum absolute atomic E-state index is 10.5. The number of aliphatic hydroxyl groups is 1. The van der Waals surface area contributed by atoms with Crippen LogP contribution in [0.15, 0.2) is 30.3 Å². The molecule has 3 unspecified atom stereocenters. The van der Waals surface area contributed by atoms with E-state index >= 15 is 0 Å². The van der Waals surface area contributed by atoms with E-state index in [1.807, 2.05) is 30.3 Å². The molecule has 1 aliphatic heterocycles. The van der Waals surface area contributed by atoms with Crippen LogP contribution in [-0.4, -0.2) is 41.8 Å². The van der Waals surface area contributed by atoms with Gasteiger partial charge in [0.15, 0.2) is 0 Å². The van der Waals surface area contributed by atoms with Gasteiger partial charge in [0.05, 0.1) is 11.7 Å². The molecule has 0 spiro atoms. The Morgan fingerprint density at radius 3 is 2.63 bits per heavy atom. The zero-order valence-electron chi connectivity index (χ0n) is 12.2. The molecule has 3 nitrogen and oxygen atoms in total. The third-order valence-electron chi connectivity index (χ3n) is 4.36. The summed E-state index contributed by atoms with van der Waals surface area (Å²) in [6.07, 6.45) is 1.77. The Bertz CT molecular complexity index is 395. The Labute approximate surface area is 116 Å². The molecule has 1 saturated heterocycles. The van der Waals surface area contributed by atoms with Gasteiger partial charge in [-0.15, -0.1) is 0 Å². The first-order valence-corrected chi connectivity index (χ1v) is 7.08. The van der Waals surface area contributed by atoms with E-state index < -0.39 is 6.10 Å². The summed E-state index contributed by atoms with van der Waals surface area (Å²) in [6.45, 7) is 6.17. The monoisotopic (exact) mass is 263 g/mol. The van der Waals surface area contributed by atoms with Crippen LogP contribution in [0.25, 0.3) is 0 Å². The highest BCUT2D eigenvalue weighted by Gasteiger charge is 2.34. The molecule has 1 heterocycles. The van der Waals surface area contributed by atoms with Crippen molar-refractivity contribution < 1.29 is 9.84 Å². The van der Waals surface area contributed by atoms with E-state index in [2.05, 4.69) is 18.7 Å². The average molecular weight is 263 g/mol. The summed E-state index contributed by atoms with van der Waals surface area (Å²) in [4.78, 5) is 2.34. The minimum atomic E-state index is -0.444. The van der Waals surface area contributed by atoms with Gasteiger partial charge in [-0.05, 0) is 38.8 Å². The van der Waals surface area contributed by atoms with Gasteiger partial charge >= 0.3 is 0 Å². The van der Waals surface area contributed by atoms with Crippen molar-refractivity contribution in [3.8, 4) is 0 Å². The highest BCUT2D eigenvalue weighted by molar-refractivity contribution is 5.18. The summed E-state index contributed by atoms with van der Waals surface area (Å²) in [5.41, 5.74) is 0.905. The standard InChI is InChI=1S/C16H25NO2/c1-13(15(18)14-8-5-4-6-9-14)17-11-7-10-16(2,12-17)19-3/h4-6,8-9,13,15,18H,7,10-12H2,1-3H3. The number of benzene rings is 1. The molecule has 0 aliphatic carbocycles. The molecule has 0 saturated carbocycles. The summed E-state index contributed by atoms with van der Waals surface area (Å²) < 4.78 is 5.62. The number of rotatable bonds is 4. The Morgan fingerprint density at radius 1 is 1.32 bits per heavy atom. The van der Waals surface area contributed by atoms with Crippen LogP contribution >= 0.6 is 0 Å². The molecule has 0 bridgehead atoms. The second-order valence-electron chi connectivity index (χ2n) is 5.82. The van der Waals surface area contributed by atoms with E-state index in [0.717, 1.165) is 31.5 Å². The minimum Gasteiger partial charge on any atom is -0.387 e. The summed E-state index contributed by atoms with van der Waals surface area (Å²) in [6, 6.07) is 10.0. The summed E-state index contributed by atoms with van der Waals surface area (Å²) in [5.74, 6) is 0. The molecular formula is C16H25NO2. The van der Waals surface area contributed by atoms with Crippen LogP contribution < -0.4 is 0 Å². The lowest BCUT2D eigenvalue weighted by atomic mass is 9.92. The highest BCUT2D eigenvalue weighted by Crippen LogP contribution is 2.29. The highest BCUT2D eigenvalue weighted by atomic mass is 16.5. The lowest BCUT2D eigenvalue weighted by Crippen LogP contribution is -2.51. The van der Waals surface area contributed by atoms with Crippen molar-refractivity contribution in [2.24, 2.45) is 0 Å².